The first kappa shape index (κ1) is 14.9. The van der Waals surface area contributed by atoms with Crippen LogP contribution in [0.1, 0.15) is 12.5 Å². The number of nitrogens with one attached hydrogen (secondary N) is 1. The van der Waals surface area contributed by atoms with Gasteiger partial charge in [0.15, 0.2) is 0 Å². The number of carbonyl (C=O) groups excluding carboxylic acids is 1. The summed E-state index contributed by atoms with van der Waals surface area (Å²) in [5.74, 6) is -0.118. The molecule has 1 fully saturated rings. The van der Waals surface area contributed by atoms with E-state index in [-0.39, 0.29) is 17.8 Å². The molecule has 1 unspecified atom stereocenters. The van der Waals surface area contributed by atoms with Crippen LogP contribution in [-0.2, 0) is 16.0 Å². The van der Waals surface area contributed by atoms with Gasteiger partial charge in [0.2, 0.25) is 5.91 Å². The average Bonchev–Trinajstić information content (AvgIpc) is 2.47. The summed E-state index contributed by atoms with van der Waals surface area (Å²) < 4.78 is 18.3. The summed E-state index contributed by atoms with van der Waals surface area (Å²) in [5.41, 5.74) is 0.934. The smallest absolute Gasteiger partial charge is 0.239 e. The number of hydrogen-bond acceptors (Lipinski definition) is 3. The summed E-state index contributed by atoms with van der Waals surface area (Å²) in [6.07, 6.45) is 0.707. The van der Waals surface area contributed by atoms with Gasteiger partial charge in [-0.15, -0.1) is 0 Å². The summed E-state index contributed by atoms with van der Waals surface area (Å²) in [6, 6.07) is 6.32. The van der Waals surface area contributed by atoms with Gasteiger partial charge >= 0.3 is 0 Å². The summed E-state index contributed by atoms with van der Waals surface area (Å²) in [5, 5.41) is 3.19. The van der Waals surface area contributed by atoms with Crippen molar-refractivity contribution in [3.05, 3.63) is 35.6 Å². The first-order valence-electron chi connectivity index (χ1n) is 7.01. The molecule has 0 radical (unpaired) electrons. The fraction of sp³-hybridized carbons (Fsp3) is 0.533. The second-order valence-corrected chi connectivity index (χ2v) is 4.99. The lowest BCUT2D eigenvalue weighted by Gasteiger charge is -2.29. The van der Waals surface area contributed by atoms with Crippen LogP contribution in [0.5, 0.6) is 0 Å². The zero-order valence-electron chi connectivity index (χ0n) is 11.8. The molecule has 1 saturated heterocycles. The molecule has 5 heteroatoms. The summed E-state index contributed by atoms with van der Waals surface area (Å²) in [6.45, 7) is 5.07. The Balaban J connectivity index is 1.74. The third-order valence-corrected chi connectivity index (χ3v) is 3.45. The highest BCUT2D eigenvalue weighted by atomic mass is 19.1. The van der Waals surface area contributed by atoms with Gasteiger partial charge in [0.25, 0.3) is 0 Å². The van der Waals surface area contributed by atoms with E-state index < -0.39 is 0 Å². The molecule has 1 amide bonds. The second-order valence-electron chi connectivity index (χ2n) is 4.99. The summed E-state index contributed by atoms with van der Waals surface area (Å²) in [7, 11) is 0. The highest BCUT2D eigenvalue weighted by molar-refractivity contribution is 5.81. The molecular weight excluding hydrogens is 259 g/mol. The van der Waals surface area contributed by atoms with Gasteiger partial charge in [0, 0.05) is 13.1 Å². The average molecular weight is 280 g/mol. The van der Waals surface area contributed by atoms with Gasteiger partial charge in [-0.1, -0.05) is 12.1 Å². The molecule has 0 aliphatic carbocycles. The Morgan fingerprint density at radius 2 is 2.20 bits per heavy atom. The molecule has 1 aliphatic heterocycles. The van der Waals surface area contributed by atoms with E-state index in [0.29, 0.717) is 39.3 Å². The number of hydrogen-bond donors (Lipinski definition) is 1. The minimum atomic E-state index is -0.222. The van der Waals surface area contributed by atoms with Crippen LogP contribution in [0.4, 0.5) is 4.39 Å². The number of halogens is 1. The topological polar surface area (TPSA) is 41.6 Å². The predicted molar refractivity (Wildman–Crippen MR) is 75.0 cm³/mol. The Kier molecular flexibility index (Phi) is 5.49. The maximum atomic E-state index is 13.0. The molecule has 1 aromatic rings. The van der Waals surface area contributed by atoms with E-state index in [1.807, 2.05) is 17.9 Å². The van der Waals surface area contributed by atoms with Crippen molar-refractivity contribution in [2.75, 3.05) is 32.8 Å². The monoisotopic (exact) mass is 280 g/mol. The van der Waals surface area contributed by atoms with Gasteiger partial charge in [0.1, 0.15) is 5.82 Å². The maximum Gasteiger partial charge on any atom is 0.239 e. The predicted octanol–water partition coefficient (Wildman–Crippen LogP) is 1.21. The minimum absolute atomic E-state index is 0.104. The lowest BCUT2D eigenvalue weighted by molar-refractivity contribution is -0.137. The molecule has 1 aliphatic rings. The van der Waals surface area contributed by atoms with Gasteiger partial charge < -0.3 is 15.0 Å². The van der Waals surface area contributed by atoms with Crippen molar-refractivity contribution in [1.82, 2.24) is 10.2 Å². The number of carbonyl (C=O) groups is 1. The zero-order chi connectivity index (χ0) is 14.4. The third-order valence-electron chi connectivity index (χ3n) is 3.45. The van der Waals surface area contributed by atoms with Crippen LogP contribution in [0.2, 0.25) is 0 Å². The molecule has 1 heterocycles. The Hall–Kier alpha value is -1.46. The summed E-state index contributed by atoms with van der Waals surface area (Å²) >= 11 is 0. The standard InChI is InChI=1S/C15H21FN2O2/c1-12(15(19)18-7-9-20-10-8-18)17-6-5-13-3-2-4-14(16)11-13/h2-4,11-12,17H,5-10H2,1H3. The number of morpholine rings is 1. The molecule has 0 aromatic heterocycles. The Morgan fingerprint density at radius 3 is 2.90 bits per heavy atom. The molecule has 110 valence electrons. The van der Waals surface area contributed by atoms with Crippen LogP contribution in [-0.4, -0.2) is 49.7 Å². The molecule has 4 nitrogen and oxygen atoms in total. The quantitative estimate of drug-likeness (QED) is 0.881. The largest absolute Gasteiger partial charge is 0.378 e. The maximum absolute atomic E-state index is 13.0. The van der Waals surface area contributed by atoms with Crippen molar-refractivity contribution in [1.29, 1.82) is 0 Å². The van der Waals surface area contributed by atoms with Crippen molar-refractivity contribution in [2.24, 2.45) is 0 Å². The molecule has 1 N–H and O–H groups in total. The van der Waals surface area contributed by atoms with Crippen molar-refractivity contribution < 1.29 is 13.9 Å². The molecule has 2 rings (SSSR count). The third kappa shape index (κ3) is 4.28. The molecular formula is C15H21FN2O2. The minimum Gasteiger partial charge on any atom is -0.378 e. The summed E-state index contributed by atoms with van der Waals surface area (Å²) in [4.78, 5) is 14.0. The van der Waals surface area contributed by atoms with E-state index in [1.54, 1.807) is 6.07 Å². The van der Waals surface area contributed by atoms with Crippen molar-refractivity contribution in [3.63, 3.8) is 0 Å². The number of amides is 1. The highest BCUT2D eigenvalue weighted by Gasteiger charge is 2.21. The fourth-order valence-electron chi connectivity index (χ4n) is 2.27. The first-order valence-corrected chi connectivity index (χ1v) is 7.01. The molecule has 1 aromatic carbocycles. The lowest BCUT2D eigenvalue weighted by Crippen LogP contribution is -2.49. The SMILES string of the molecule is CC(NCCc1cccc(F)c1)C(=O)N1CCOCC1. The van der Waals surface area contributed by atoms with E-state index >= 15 is 0 Å². The van der Waals surface area contributed by atoms with E-state index in [0.717, 1.165) is 5.56 Å². The Labute approximate surface area is 118 Å². The number of rotatable bonds is 5. The highest BCUT2D eigenvalue weighted by Crippen LogP contribution is 2.04. The van der Waals surface area contributed by atoms with Crippen LogP contribution in [0.15, 0.2) is 24.3 Å². The zero-order valence-corrected chi connectivity index (χ0v) is 11.8. The first-order chi connectivity index (χ1) is 9.66. The molecule has 0 saturated carbocycles. The normalized spacial score (nSPS) is 17.0. The molecule has 1 atom stereocenters. The second kappa shape index (κ2) is 7.36. The fourth-order valence-corrected chi connectivity index (χ4v) is 2.27. The van der Waals surface area contributed by atoms with E-state index in [9.17, 15) is 9.18 Å². The molecule has 20 heavy (non-hydrogen) atoms. The molecule has 0 spiro atoms. The van der Waals surface area contributed by atoms with Crippen LogP contribution in [0, 0.1) is 5.82 Å². The van der Waals surface area contributed by atoms with Crippen molar-refractivity contribution in [3.8, 4) is 0 Å². The van der Waals surface area contributed by atoms with Gasteiger partial charge in [0.05, 0.1) is 19.3 Å². The van der Waals surface area contributed by atoms with E-state index in [2.05, 4.69) is 5.32 Å². The number of ether oxygens (including phenoxy) is 1. The van der Waals surface area contributed by atoms with Gasteiger partial charge in [-0.2, -0.15) is 0 Å². The molecule has 0 bridgehead atoms. The number of benzene rings is 1. The van der Waals surface area contributed by atoms with Gasteiger partial charge in [-0.3, -0.25) is 4.79 Å². The van der Waals surface area contributed by atoms with E-state index in [1.165, 1.54) is 12.1 Å². The van der Waals surface area contributed by atoms with Gasteiger partial charge in [-0.05, 0) is 37.6 Å². The van der Waals surface area contributed by atoms with Crippen LogP contribution < -0.4 is 5.32 Å². The van der Waals surface area contributed by atoms with E-state index in [4.69, 9.17) is 4.74 Å². The Bertz CT molecular complexity index is 447. The Morgan fingerprint density at radius 1 is 1.45 bits per heavy atom. The van der Waals surface area contributed by atoms with Crippen LogP contribution in [0.3, 0.4) is 0 Å². The van der Waals surface area contributed by atoms with Gasteiger partial charge in [-0.25, -0.2) is 4.39 Å². The van der Waals surface area contributed by atoms with Crippen LogP contribution >= 0.6 is 0 Å². The van der Waals surface area contributed by atoms with Crippen molar-refractivity contribution >= 4 is 5.91 Å². The number of nitrogens with zero attached hydrogens (tertiary/aromatic N) is 1. The van der Waals surface area contributed by atoms with Crippen molar-refractivity contribution in [2.45, 2.75) is 19.4 Å². The van der Waals surface area contributed by atoms with Crippen LogP contribution in [0.25, 0.3) is 0 Å². The lowest BCUT2D eigenvalue weighted by atomic mass is 10.1.